The van der Waals surface area contributed by atoms with Gasteiger partial charge in [-0.05, 0) is 0 Å². The van der Waals surface area contributed by atoms with Gasteiger partial charge >= 0.3 is 100 Å². The first-order chi connectivity index (χ1) is 6.83. The van der Waals surface area contributed by atoms with E-state index in [0.29, 0.717) is 0 Å². The summed E-state index contributed by atoms with van der Waals surface area (Å²) < 4.78 is 51.6. The average molecular weight is 354 g/mol. The van der Waals surface area contributed by atoms with Gasteiger partial charge in [-0.15, -0.1) is 0 Å². The molecular formula is H6Al2CaO12P2. The van der Waals surface area contributed by atoms with Gasteiger partial charge in [0.05, 0.1) is 0 Å². The zero-order chi connectivity index (χ0) is 14.4. The maximum atomic E-state index is 8.88. The third-order valence-corrected chi connectivity index (χ3v) is 0. The monoisotopic (exact) mass is 354 g/mol. The first-order valence-corrected chi connectivity index (χ1v) is 7.52. The van der Waals surface area contributed by atoms with E-state index in [9.17, 15) is 0 Å². The van der Waals surface area contributed by atoms with Crippen LogP contribution in [0.1, 0.15) is 0 Å². The van der Waals surface area contributed by atoms with E-state index in [1.165, 1.54) is 0 Å². The Morgan fingerprint density at radius 1 is 0.706 bits per heavy atom. The minimum absolute atomic E-state index is 0. The van der Waals surface area contributed by atoms with E-state index in [2.05, 4.69) is 0 Å². The molecule has 0 fully saturated rings. The molecule has 0 amide bonds. The van der Waals surface area contributed by atoms with E-state index in [1.54, 1.807) is 0 Å². The summed E-state index contributed by atoms with van der Waals surface area (Å²) in [5.41, 5.74) is 0. The molecule has 0 unspecified atom stereocenters. The first-order valence-electron chi connectivity index (χ1n) is 2.51. The van der Waals surface area contributed by atoms with Crippen molar-refractivity contribution in [3.8, 4) is 0 Å². The Labute approximate surface area is 137 Å². The van der Waals surface area contributed by atoms with Crippen molar-refractivity contribution in [2.45, 2.75) is 0 Å². The van der Waals surface area contributed by atoms with Gasteiger partial charge in [0.15, 0.2) is 0 Å². The quantitative estimate of drug-likeness (QED) is 0.176. The Bertz CT molecular complexity index is 196. The number of hydrogen-bond donors (Lipinski definition) is 6. The fourth-order valence-electron chi connectivity index (χ4n) is 0. The van der Waals surface area contributed by atoms with E-state index in [0.717, 1.165) is 0 Å². The standard InChI is InChI=1S/2Al.Ca.2H3O4P.4O/c;;;2*1-5(2,3)4;;;;/h;;;2*(H3,1,2,3,4);;;;/q;;+2;;;;;2*-1. The van der Waals surface area contributed by atoms with Crippen molar-refractivity contribution in [2.24, 2.45) is 0 Å². The van der Waals surface area contributed by atoms with Crippen molar-refractivity contribution in [1.29, 1.82) is 0 Å². The molecule has 0 atom stereocenters. The third kappa shape index (κ3) is 1450. The van der Waals surface area contributed by atoms with Gasteiger partial charge in [-0.1, -0.05) is 0 Å². The van der Waals surface area contributed by atoms with Gasteiger partial charge in [0.2, 0.25) is 0 Å². The molecule has 0 saturated heterocycles. The predicted octanol–water partition coefficient (Wildman–Crippen LogP) is -5.62. The second kappa shape index (κ2) is 20.1. The molecule has 17 heavy (non-hydrogen) atoms. The molecule has 96 valence electrons. The molecule has 0 aromatic rings. The zero-order valence-electron chi connectivity index (χ0n) is 7.89. The fraction of sp³-hybridized carbons (Fsp3) is 0. The van der Waals surface area contributed by atoms with Gasteiger partial charge in [0.1, 0.15) is 0 Å². The van der Waals surface area contributed by atoms with Gasteiger partial charge in [-0.3, -0.25) is 0 Å². The fourth-order valence-corrected chi connectivity index (χ4v) is 0. The van der Waals surface area contributed by atoms with Gasteiger partial charge in [0.25, 0.3) is 0 Å². The number of hydrogen-bond acceptors (Lipinski definition) is 6. The number of rotatable bonds is 0. The van der Waals surface area contributed by atoms with Crippen LogP contribution >= 0.6 is 15.6 Å². The van der Waals surface area contributed by atoms with Gasteiger partial charge in [0, 0.05) is 0 Å². The van der Waals surface area contributed by atoms with E-state index >= 15 is 0 Å². The molecule has 6 N–H and O–H groups in total. The van der Waals surface area contributed by atoms with Gasteiger partial charge in [-0.2, -0.15) is 0 Å². The van der Waals surface area contributed by atoms with Crippen LogP contribution < -0.4 is 8.32 Å². The second-order valence-electron chi connectivity index (χ2n) is 1.22. The molecule has 0 aliphatic heterocycles. The molecule has 0 aromatic heterocycles. The molecule has 0 aliphatic carbocycles. The molecular weight excluding hydrogens is 348 g/mol. The van der Waals surface area contributed by atoms with Crippen LogP contribution in [0.15, 0.2) is 0 Å². The summed E-state index contributed by atoms with van der Waals surface area (Å²) in [7, 11) is -9.28. The van der Waals surface area contributed by atoms with Crippen LogP contribution in [0.5, 0.6) is 0 Å². The SMILES string of the molecule is O=P(O)(O)O.O=P(O)(O)O.[Ca+2].[O]=[Al][O-].[O]=[Al][O-]. The topological polar surface area (TPSA) is 236 Å². The molecule has 0 aromatic carbocycles. The van der Waals surface area contributed by atoms with Crippen molar-refractivity contribution < 1.29 is 54.4 Å². The molecule has 0 heterocycles. The van der Waals surface area contributed by atoms with Crippen LogP contribution in [0.2, 0.25) is 0 Å². The Hall–Kier alpha value is 1.74. The minimum atomic E-state index is -4.64. The normalized spacial score (nSPS) is 7.88. The predicted molar refractivity (Wildman–Crippen MR) is 47.2 cm³/mol. The van der Waals surface area contributed by atoms with E-state index in [-0.39, 0.29) is 37.7 Å². The summed E-state index contributed by atoms with van der Waals surface area (Å²) in [5, 5.41) is 0. The number of phosphoric acid groups is 2. The van der Waals surface area contributed by atoms with Crippen LogP contribution in [-0.2, 0) is 16.7 Å². The Morgan fingerprint density at radius 3 is 0.706 bits per heavy atom. The molecule has 17 heteroatoms. The van der Waals surface area contributed by atoms with Gasteiger partial charge in [-0.25, -0.2) is 9.13 Å². The van der Waals surface area contributed by atoms with Crippen LogP contribution in [0.4, 0.5) is 0 Å². The van der Waals surface area contributed by atoms with E-state index < -0.39 is 46.6 Å². The summed E-state index contributed by atoms with van der Waals surface area (Å²) in [5.74, 6) is 0. The summed E-state index contributed by atoms with van der Waals surface area (Å²) in [6, 6.07) is 0. The molecule has 0 bridgehead atoms. The van der Waals surface area contributed by atoms with Crippen LogP contribution in [0.25, 0.3) is 0 Å². The maximum absolute atomic E-state index is 8.88. The van der Waals surface area contributed by atoms with Crippen LogP contribution in [-0.4, -0.2) is 98.1 Å². The average Bonchev–Trinajstić information content (AvgIpc) is 1.79. The Kier molecular flexibility index (Phi) is 36.9. The molecule has 0 spiro atoms. The molecule has 12 nitrogen and oxygen atoms in total. The first kappa shape index (κ1) is 31.2. The zero-order valence-corrected chi connectivity index (χ0v) is 14.2. The molecule has 0 aliphatic rings. The van der Waals surface area contributed by atoms with E-state index in [4.69, 9.17) is 54.4 Å². The molecule has 0 rings (SSSR count). The molecule has 0 saturated carbocycles. The summed E-state index contributed by atoms with van der Waals surface area (Å²) >= 11 is -3.50. The van der Waals surface area contributed by atoms with Crippen LogP contribution in [0, 0.1) is 0 Å². The van der Waals surface area contributed by atoms with Crippen molar-refractivity contribution in [1.82, 2.24) is 0 Å². The Balaban J connectivity index is -0.0000000381. The third-order valence-electron chi connectivity index (χ3n) is 0. The van der Waals surface area contributed by atoms with Crippen LogP contribution in [0.3, 0.4) is 0 Å². The summed E-state index contributed by atoms with van der Waals surface area (Å²) in [4.78, 5) is 43.1. The van der Waals surface area contributed by atoms with Gasteiger partial charge < -0.3 is 29.4 Å². The van der Waals surface area contributed by atoms with Crippen molar-refractivity contribution in [3.63, 3.8) is 0 Å². The van der Waals surface area contributed by atoms with Crippen molar-refractivity contribution >= 4 is 84.4 Å². The van der Waals surface area contributed by atoms with Crippen molar-refractivity contribution in [2.75, 3.05) is 0 Å². The summed E-state index contributed by atoms with van der Waals surface area (Å²) in [6.45, 7) is 0. The summed E-state index contributed by atoms with van der Waals surface area (Å²) in [6.07, 6.45) is 0. The van der Waals surface area contributed by atoms with Crippen molar-refractivity contribution in [3.05, 3.63) is 0 Å². The van der Waals surface area contributed by atoms with E-state index in [1.807, 2.05) is 0 Å². The Morgan fingerprint density at radius 2 is 0.706 bits per heavy atom. The molecule has 0 radical (unpaired) electrons. The second-order valence-corrected chi connectivity index (χ2v) is 3.66.